The van der Waals surface area contributed by atoms with E-state index in [0.29, 0.717) is 24.5 Å². The van der Waals surface area contributed by atoms with Crippen LogP contribution in [-0.2, 0) is 6.54 Å². The largest absolute Gasteiger partial charge is 0.467 e. The Bertz CT molecular complexity index is 581. The quantitative estimate of drug-likeness (QED) is 0.647. The Morgan fingerprint density at radius 2 is 2.15 bits per heavy atom. The van der Waals surface area contributed by atoms with E-state index in [4.69, 9.17) is 4.42 Å². The number of para-hydroxylation sites is 1. The Hall–Kier alpha value is -2.50. The van der Waals surface area contributed by atoms with E-state index in [0.717, 1.165) is 5.76 Å². The number of nitro groups is 1. The molecule has 0 atom stereocenters. The van der Waals surface area contributed by atoms with Crippen molar-refractivity contribution in [1.82, 2.24) is 0 Å². The number of rotatable bonds is 6. The number of furan rings is 1. The number of nitrogens with zero attached hydrogens (tertiary/aromatic N) is 2. The molecule has 106 valence electrons. The van der Waals surface area contributed by atoms with Crippen molar-refractivity contribution in [3.63, 3.8) is 0 Å². The predicted molar refractivity (Wildman–Crippen MR) is 78.1 cm³/mol. The van der Waals surface area contributed by atoms with Gasteiger partial charge in [-0.3, -0.25) is 10.1 Å². The highest BCUT2D eigenvalue weighted by atomic mass is 16.6. The van der Waals surface area contributed by atoms with Crippen molar-refractivity contribution in [2.75, 3.05) is 23.8 Å². The average Bonchev–Trinajstić information content (AvgIpc) is 2.91. The number of nitro benzene ring substituents is 1. The molecule has 0 amide bonds. The summed E-state index contributed by atoms with van der Waals surface area (Å²) in [7, 11) is 1.81. The molecule has 0 fully saturated rings. The van der Waals surface area contributed by atoms with Crippen LogP contribution in [0, 0.1) is 10.1 Å². The lowest BCUT2D eigenvalue weighted by molar-refractivity contribution is -0.383. The smallest absolute Gasteiger partial charge is 0.315 e. The van der Waals surface area contributed by atoms with Gasteiger partial charge in [0.2, 0.25) is 0 Å². The van der Waals surface area contributed by atoms with Crippen molar-refractivity contribution in [3.8, 4) is 0 Å². The Kier molecular flexibility index (Phi) is 4.24. The van der Waals surface area contributed by atoms with E-state index in [1.54, 1.807) is 42.5 Å². The molecule has 0 aliphatic heterocycles. The molecule has 0 spiro atoms. The zero-order chi connectivity index (χ0) is 14.5. The molecule has 1 N–H and O–H groups in total. The first-order valence-electron chi connectivity index (χ1n) is 6.38. The molecule has 2 aromatic rings. The van der Waals surface area contributed by atoms with E-state index in [9.17, 15) is 10.1 Å². The van der Waals surface area contributed by atoms with Crippen molar-refractivity contribution in [2.45, 2.75) is 13.5 Å². The Labute approximate surface area is 117 Å². The van der Waals surface area contributed by atoms with Crippen LogP contribution in [-0.4, -0.2) is 18.5 Å². The van der Waals surface area contributed by atoms with E-state index in [1.165, 1.54) is 0 Å². The van der Waals surface area contributed by atoms with E-state index >= 15 is 0 Å². The second kappa shape index (κ2) is 6.10. The first-order chi connectivity index (χ1) is 9.63. The summed E-state index contributed by atoms with van der Waals surface area (Å²) in [4.78, 5) is 12.8. The van der Waals surface area contributed by atoms with Crippen molar-refractivity contribution >= 4 is 17.1 Å². The molecule has 2 rings (SSSR count). The van der Waals surface area contributed by atoms with Gasteiger partial charge in [-0.05, 0) is 31.2 Å². The SMILES string of the molecule is CCNc1cccc(N(C)Cc2ccco2)c1[N+](=O)[O-]. The Balaban J connectivity index is 2.34. The van der Waals surface area contributed by atoms with Crippen LogP contribution in [0.3, 0.4) is 0 Å². The Morgan fingerprint density at radius 3 is 2.75 bits per heavy atom. The second-order valence-electron chi connectivity index (χ2n) is 4.40. The van der Waals surface area contributed by atoms with Crippen LogP contribution in [0.1, 0.15) is 12.7 Å². The molecule has 0 radical (unpaired) electrons. The van der Waals surface area contributed by atoms with Crippen molar-refractivity contribution < 1.29 is 9.34 Å². The highest BCUT2D eigenvalue weighted by Gasteiger charge is 2.22. The molecule has 0 unspecified atom stereocenters. The summed E-state index contributed by atoms with van der Waals surface area (Å²) >= 11 is 0. The lowest BCUT2D eigenvalue weighted by Gasteiger charge is -2.19. The number of benzene rings is 1. The van der Waals surface area contributed by atoms with Crippen LogP contribution in [0.5, 0.6) is 0 Å². The third-order valence-electron chi connectivity index (χ3n) is 2.95. The van der Waals surface area contributed by atoms with Crippen molar-refractivity contribution in [2.24, 2.45) is 0 Å². The highest BCUT2D eigenvalue weighted by Crippen LogP contribution is 2.35. The summed E-state index contributed by atoms with van der Waals surface area (Å²) in [5.41, 5.74) is 1.18. The predicted octanol–water partition coefficient (Wildman–Crippen LogP) is 3.26. The van der Waals surface area contributed by atoms with Crippen LogP contribution in [0.15, 0.2) is 41.0 Å². The number of anilines is 2. The average molecular weight is 275 g/mol. The first-order valence-corrected chi connectivity index (χ1v) is 6.38. The monoisotopic (exact) mass is 275 g/mol. The van der Waals surface area contributed by atoms with E-state index in [1.807, 2.05) is 13.0 Å². The molecule has 1 heterocycles. The summed E-state index contributed by atoms with van der Waals surface area (Å²) in [5.74, 6) is 0.760. The van der Waals surface area contributed by atoms with Gasteiger partial charge >= 0.3 is 5.69 Å². The maximum Gasteiger partial charge on any atom is 0.315 e. The van der Waals surface area contributed by atoms with Gasteiger partial charge in [0.05, 0.1) is 17.7 Å². The zero-order valence-electron chi connectivity index (χ0n) is 11.5. The van der Waals surface area contributed by atoms with Crippen molar-refractivity contribution in [3.05, 3.63) is 52.5 Å². The molecular formula is C14H17N3O3. The van der Waals surface area contributed by atoms with E-state index in [2.05, 4.69) is 5.32 Å². The van der Waals surface area contributed by atoms with Gasteiger partial charge in [-0.1, -0.05) is 6.07 Å². The van der Waals surface area contributed by atoms with E-state index in [-0.39, 0.29) is 10.6 Å². The molecule has 0 aliphatic carbocycles. The van der Waals surface area contributed by atoms with Gasteiger partial charge in [0.15, 0.2) is 0 Å². The third-order valence-corrected chi connectivity index (χ3v) is 2.95. The van der Waals surface area contributed by atoms with Gasteiger partial charge < -0.3 is 14.6 Å². The first kappa shape index (κ1) is 13.9. The van der Waals surface area contributed by atoms with Gasteiger partial charge in [0, 0.05) is 13.6 Å². The van der Waals surface area contributed by atoms with Crippen LogP contribution < -0.4 is 10.2 Å². The van der Waals surface area contributed by atoms with E-state index < -0.39 is 0 Å². The minimum Gasteiger partial charge on any atom is -0.467 e. The van der Waals surface area contributed by atoms with Gasteiger partial charge in [-0.25, -0.2) is 0 Å². The molecule has 1 aromatic carbocycles. The fourth-order valence-electron chi connectivity index (χ4n) is 2.09. The molecule has 6 nitrogen and oxygen atoms in total. The Morgan fingerprint density at radius 1 is 1.35 bits per heavy atom. The summed E-state index contributed by atoms with van der Waals surface area (Å²) in [5, 5.41) is 14.4. The summed E-state index contributed by atoms with van der Waals surface area (Å²) in [6, 6.07) is 8.90. The number of nitrogens with one attached hydrogen (secondary N) is 1. The molecule has 20 heavy (non-hydrogen) atoms. The standard InChI is InChI=1S/C14H17N3O3/c1-3-15-12-7-4-8-13(14(12)17(18)19)16(2)10-11-6-5-9-20-11/h4-9,15H,3,10H2,1-2H3. The van der Waals surface area contributed by atoms with Crippen LogP contribution in [0.25, 0.3) is 0 Å². The summed E-state index contributed by atoms with van der Waals surface area (Å²) in [6.45, 7) is 3.01. The minimum absolute atomic E-state index is 0.0865. The number of hydrogen-bond donors (Lipinski definition) is 1. The number of hydrogen-bond acceptors (Lipinski definition) is 5. The molecule has 0 saturated carbocycles. The van der Waals surface area contributed by atoms with Crippen LogP contribution in [0.4, 0.5) is 17.1 Å². The molecular weight excluding hydrogens is 258 g/mol. The zero-order valence-corrected chi connectivity index (χ0v) is 11.5. The lowest BCUT2D eigenvalue weighted by Crippen LogP contribution is -2.18. The maximum atomic E-state index is 11.3. The van der Waals surface area contributed by atoms with Crippen LogP contribution in [0.2, 0.25) is 0 Å². The van der Waals surface area contributed by atoms with Gasteiger partial charge in [-0.2, -0.15) is 0 Å². The fourth-order valence-corrected chi connectivity index (χ4v) is 2.09. The fraction of sp³-hybridized carbons (Fsp3) is 0.286. The molecule has 6 heteroatoms. The maximum absolute atomic E-state index is 11.3. The summed E-state index contributed by atoms with van der Waals surface area (Å²) < 4.78 is 5.28. The molecule has 1 aromatic heterocycles. The topological polar surface area (TPSA) is 71.5 Å². The normalized spacial score (nSPS) is 10.3. The van der Waals surface area contributed by atoms with Gasteiger partial charge in [0.1, 0.15) is 17.1 Å². The van der Waals surface area contributed by atoms with Gasteiger partial charge in [0.25, 0.3) is 0 Å². The highest BCUT2D eigenvalue weighted by molar-refractivity contribution is 5.76. The van der Waals surface area contributed by atoms with Gasteiger partial charge in [-0.15, -0.1) is 0 Å². The van der Waals surface area contributed by atoms with Crippen molar-refractivity contribution in [1.29, 1.82) is 0 Å². The summed E-state index contributed by atoms with van der Waals surface area (Å²) in [6.07, 6.45) is 1.59. The molecule has 0 bridgehead atoms. The second-order valence-corrected chi connectivity index (χ2v) is 4.40. The lowest BCUT2D eigenvalue weighted by atomic mass is 10.2. The van der Waals surface area contributed by atoms with Crippen LogP contribution >= 0.6 is 0 Å². The minimum atomic E-state index is -0.355. The molecule has 0 aliphatic rings. The molecule has 0 saturated heterocycles. The third kappa shape index (κ3) is 2.90.